The number of thiazole rings is 1. The fourth-order valence-corrected chi connectivity index (χ4v) is 5.36. The molecule has 4 nitrogen and oxygen atoms in total. The highest BCUT2D eigenvalue weighted by atomic mass is 32.1. The van der Waals surface area contributed by atoms with Crippen LogP contribution in [0, 0.1) is 11.8 Å². The van der Waals surface area contributed by atoms with E-state index in [4.69, 9.17) is 0 Å². The molecule has 1 saturated heterocycles. The molecule has 39 heavy (non-hydrogen) atoms. The van der Waals surface area contributed by atoms with Crippen LogP contribution in [0.15, 0.2) is 41.8 Å². The van der Waals surface area contributed by atoms with Crippen LogP contribution in [0.1, 0.15) is 51.3 Å². The van der Waals surface area contributed by atoms with Gasteiger partial charge in [0, 0.05) is 16.9 Å². The highest BCUT2D eigenvalue weighted by Gasteiger charge is 2.43. The van der Waals surface area contributed by atoms with Crippen molar-refractivity contribution in [1.29, 1.82) is 0 Å². The van der Waals surface area contributed by atoms with Crippen molar-refractivity contribution in [2.45, 2.75) is 37.9 Å². The van der Waals surface area contributed by atoms with Crippen molar-refractivity contribution in [3.63, 3.8) is 0 Å². The van der Waals surface area contributed by atoms with E-state index in [1.165, 1.54) is 12.3 Å². The average molecular weight is 580 g/mol. The van der Waals surface area contributed by atoms with Gasteiger partial charge in [0.1, 0.15) is 10.7 Å². The maximum atomic E-state index is 13.5. The number of nitrogens with one attached hydrogen (secondary N) is 1. The Morgan fingerprint density at radius 2 is 1.49 bits per heavy atom. The third-order valence-corrected chi connectivity index (χ3v) is 7.40. The minimum Gasteiger partial charge on any atom is -0.349 e. The summed E-state index contributed by atoms with van der Waals surface area (Å²) in [4.78, 5) is 28.0. The van der Waals surface area contributed by atoms with Crippen molar-refractivity contribution in [1.82, 2.24) is 10.3 Å². The molecule has 1 unspecified atom stereocenters. The average Bonchev–Trinajstić information content (AvgIpc) is 3.42. The van der Waals surface area contributed by atoms with Gasteiger partial charge in [-0.15, -0.1) is 11.3 Å². The Kier molecular flexibility index (Phi) is 7.30. The molecule has 1 fully saturated rings. The van der Waals surface area contributed by atoms with E-state index < -0.39 is 64.6 Å². The van der Waals surface area contributed by atoms with Crippen LogP contribution in [0.3, 0.4) is 0 Å². The first-order chi connectivity index (χ1) is 18.0. The Morgan fingerprint density at radius 3 is 2.00 bits per heavy atom. The topological polar surface area (TPSA) is 59.1 Å². The van der Waals surface area contributed by atoms with E-state index in [2.05, 4.69) is 10.3 Å². The van der Waals surface area contributed by atoms with Gasteiger partial charge in [0.05, 0.1) is 22.7 Å². The highest BCUT2D eigenvalue weighted by molar-refractivity contribution is 7.13. The van der Waals surface area contributed by atoms with Crippen LogP contribution in [-0.4, -0.2) is 17.2 Å². The Balaban J connectivity index is 1.73. The standard InChI is InChI=1S/C25H17F9N2O2S/c1-11-19(7-12-4-14(23(26,27)28)2-3-18(12)22-35-17(9-37)10-39-22)21(38)36-20(11)13-5-15(24(29,30)31)8-16(6-13)25(32,33)34/h2-6,8-11,19-20H,7H2,1H3,(H,36,38)/t11-,19?,20+/m0/s1. The predicted octanol–water partition coefficient (Wildman–Crippen LogP) is 7.34. The van der Waals surface area contributed by atoms with Crippen LogP contribution in [0.25, 0.3) is 10.6 Å². The summed E-state index contributed by atoms with van der Waals surface area (Å²) in [5, 5.41) is 4.00. The third kappa shape index (κ3) is 5.94. The summed E-state index contributed by atoms with van der Waals surface area (Å²) in [6, 6.07) is 2.51. The summed E-state index contributed by atoms with van der Waals surface area (Å²) >= 11 is 0.982. The maximum Gasteiger partial charge on any atom is 0.416 e. The molecular weight excluding hydrogens is 563 g/mol. The van der Waals surface area contributed by atoms with Crippen molar-refractivity contribution in [3.8, 4) is 10.6 Å². The Hall–Kier alpha value is -3.42. The van der Waals surface area contributed by atoms with Gasteiger partial charge in [-0.25, -0.2) is 4.98 Å². The van der Waals surface area contributed by atoms with E-state index in [1.54, 1.807) is 0 Å². The molecule has 208 valence electrons. The van der Waals surface area contributed by atoms with Crippen molar-refractivity contribution in [2.24, 2.45) is 11.8 Å². The molecule has 3 aromatic rings. The van der Waals surface area contributed by atoms with Gasteiger partial charge in [-0.3, -0.25) is 9.59 Å². The number of hydrogen-bond acceptors (Lipinski definition) is 4. The van der Waals surface area contributed by atoms with E-state index in [-0.39, 0.29) is 34.3 Å². The lowest BCUT2D eigenvalue weighted by Gasteiger charge is -2.22. The van der Waals surface area contributed by atoms with Gasteiger partial charge in [-0.1, -0.05) is 13.0 Å². The lowest BCUT2D eigenvalue weighted by Crippen LogP contribution is -2.23. The molecule has 0 aliphatic carbocycles. The Morgan fingerprint density at radius 1 is 0.897 bits per heavy atom. The second kappa shape index (κ2) is 9.96. The molecule has 3 atom stereocenters. The molecule has 4 rings (SSSR count). The van der Waals surface area contributed by atoms with E-state index in [0.717, 1.165) is 29.5 Å². The lowest BCUT2D eigenvalue weighted by molar-refractivity contribution is -0.143. The number of hydrogen-bond donors (Lipinski definition) is 1. The molecule has 2 aromatic carbocycles. The molecule has 1 N–H and O–H groups in total. The van der Waals surface area contributed by atoms with Crippen LogP contribution in [-0.2, 0) is 29.7 Å². The van der Waals surface area contributed by atoms with Crippen molar-refractivity contribution < 1.29 is 49.1 Å². The van der Waals surface area contributed by atoms with Gasteiger partial charge in [0.2, 0.25) is 5.91 Å². The number of aldehydes is 1. The van der Waals surface area contributed by atoms with Gasteiger partial charge >= 0.3 is 18.5 Å². The molecule has 0 spiro atoms. The number of nitrogens with zero attached hydrogens (tertiary/aromatic N) is 1. The summed E-state index contributed by atoms with van der Waals surface area (Å²) in [5.41, 5.74) is -4.27. The first-order valence-corrected chi connectivity index (χ1v) is 12.1. The second-order valence-electron chi connectivity index (χ2n) is 9.06. The molecule has 1 aliphatic heterocycles. The van der Waals surface area contributed by atoms with Crippen LogP contribution in [0.4, 0.5) is 39.5 Å². The number of halogens is 9. The zero-order valence-electron chi connectivity index (χ0n) is 19.6. The molecule has 14 heteroatoms. The Bertz CT molecular complexity index is 1380. The van der Waals surface area contributed by atoms with Crippen LogP contribution in [0.5, 0.6) is 0 Å². The third-order valence-electron chi connectivity index (χ3n) is 6.51. The van der Waals surface area contributed by atoms with Gasteiger partial charge in [0.25, 0.3) is 0 Å². The highest BCUT2D eigenvalue weighted by Crippen LogP contribution is 2.43. The first kappa shape index (κ1) is 28.6. The number of carbonyl (C=O) groups is 2. The molecule has 2 heterocycles. The van der Waals surface area contributed by atoms with E-state index in [0.29, 0.717) is 18.4 Å². The molecule has 1 aliphatic rings. The van der Waals surface area contributed by atoms with Crippen molar-refractivity contribution >= 4 is 23.5 Å². The summed E-state index contributed by atoms with van der Waals surface area (Å²) < 4.78 is 121. The van der Waals surface area contributed by atoms with Gasteiger partial charge < -0.3 is 5.32 Å². The smallest absolute Gasteiger partial charge is 0.349 e. The molecule has 1 amide bonds. The normalized spacial score (nSPS) is 20.3. The van der Waals surface area contributed by atoms with Gasteiger partial charge in [-0.05, 0) is 53.8 Å². The quantitative estimate of drug-likeness (QED) is 0.254. The Labute approximate surface area is 218 Å². The molecule has 0 bridgehead atoms. The number of benzene rings is 2. The fourth-order valence-electron chi connectivity index (χ4n) is 4.54. The summed E-state index contributed by atoms with van der Waals surface area (Å²) in [7, 11) is 0. The zero-order chi connectivity index (χ0) is 28.9. The lowest BCUT2D eigenvalue weighted by atomic mass is 9.82. The molecular formula is C25H17F9N2O2S. The van der Waals surface area contributed by atoms with Gasteiger partial charge in [-0.2, -0.15) is 39.5 Å². The fraction of sp³-hybridized carbons (Fsp3) is 0.320. The van der Waals surface area contributed by atoms with E-state index in [1.807, 2.05) is 0 Å². The minimum absolute atomic E-state index is 0.0288. The maximum absolute atomic E-state index is 13.5. The molecule has 0 radical (unpaired) electrons. The minimum atomic E-state index is -5.09. The summed E-state index contributed by atoms with van der Waals surface area (Å²) in [6.45, 7) is 1.42. The van der Waals surface area contributed by atoms with Gasteiger partial charge in [0.15, 0.2) is 6.29 Å². The summed E-state index contributed by atoms with van der Waals surface area (Å²) in [5.74, 6) is -2.73. The molecule has 1 aromatic heterocycles. The van der Waals surface area contributed by atoms with E-state index in [9.17, 15) is 49.1 Å². The second-order valence-corrected chi connectivity index (χ2v) is 9.92. The number of aromatic nitrogens is 1. The van der Waals surface area contributed by atoms with Crippen molar-refractivity contribution in [2.75, 3.05) is 0 Å². The zero-order valence-corrected chi connectivity index (χ0v) is 20.4. The van der Waals surface area contributed by atoms with Crippen LogP contribution in [0.2, 0.25) is 0 Å². The summed E-state index contributed by atoms with van der Waals surface area (Å²) in [6.07, 6.45) is -14.8. The number of rotatable bonds is 5. The number of alkyl halides is 9. The molecule has 0 saturated carbocycles. The van der Waals surface area contributed by atoms with E-state index >= 15 is 0 Å². The predicted molar refractivity (Wildman–Crippen MR) is 122 cm³/mol. The van der Waals surface area contributed by atoms with Crippen LogP contribution >= 0.6 is 11.3 Å². The van der Waals surface area contributed by atoms with Crippen LogP contribution < -0.4 is 5.32 Å². The van der Waals surface area contributed by atoms with Crippen molar-refractivity contribution in [3.05, 3.63) is 75.3 Å². The number of carbonyl (C=O) groups excluding carboxylic acids is 2. The largest absolute Gasteiger partial charge is 0.416 e. The number of amides is 1. The SMILES string of the molecule is C[C@H]1C(Cc2cc(C(F)(F)F)ccc2-c2nc(C=O)cs2)C(=O)N[C@H]1c1cc(C(F)(F)F)cc(C(F)(F)F)c1. The first-order valence-electron chi connectivity index (χ1n) is 11.2. The monoisotopic (exact) mass is 580 g/mol.